The molecule has 2 nitrogen and oxygen atoms in total. The first-order chi connectivity index (χ1) is 8.43. The minimum Gasteiger partial charge on any atom is -0.384 e. The van der Waals surface area contributed by atoms with E-state index in [9.17, 15) is 0 Å². The predicted octanol–water partition coefficient (Wildman–Crippen LogP) is 5.60. The highest BCUT2D eigenvalue weighted by atomic mass is 35.5. The van der Waals surface area contributed by atoms with Crippen molar-refractivity contribution in [1.82, 2.24) is 4.98 Å². The number of rotatable bonds is 1. The fraction of sp³-hybridized carbons (Fsp3) is 0. The van der Waals surface area contributed by atoms with Gasteiger partial charge in [0.25, 0.3) is 0 Å². The van der Waals surface area contributed by atoms with E-state index in [0.717, 1.165) is 0 Å². The summed E-state index contributed by atoms with van der Waals surface area (Å²) < 4.78 is 0. The van der Waals surface area contributed by atoms with Gasteiger partial charge in [0, 0.05) is 11.8 Å². The van der Waals surface area contributed by atoms with Crippen molar-refractivity contribution < 1.29 is 0 Å². The molecular weight excluding hydrogens is 337 g/mol. The lowest BCUT2D eigenvalue weighted by atomic mass is 10.1. The molecule has 1 aromatic heterocycles. The van der Waals surface area contributed by atoms with Crippen molar-refractivity contribution >= 4 is 63.8 Å². The number of anilines is 1. The molecule has 1 aromatic carbocycles. The van der Waals surface area contributed by atoms with Crippen molar-refractivity contribution in [2.75, 3.05) is 5.73 Å². The summed E-state index contributed by atoms with van der Waals surface area (Å²) in [6, 6.07) is 3.32. The number of nitrogens with zero attached hydrogens (tertiary/aromatic N) is 1. The Hall–Kier alpha value is -0.380. The van der Waals surface area contributed by atoms with Crippen molar-refractivity contribution in [3.63, 3.8) is 0 Å². The van der Waals surface area contributed by atoms with Crippen LogP contribution >= 0.6 is 58.0 Å². The van der Waals surface area contributed by atoms with E-state index in [0.29, 0.717) is 16.9 Å². The number of pyridine rings is 1. The zero-order chi connectivity index (χ0) is 13.4. The average molecular weight is 342 g/mol. The average Bonchev–Trinajstić information content (AvgIpc) is 2.34. The Balaban J connectivity index is 2.80. The molecule has 0 saturated heterocycles. The van der Waals surface area contributed by atoms with E-state index in [-0.39, 0.29) is 25.1 Å². The van der Waals surface area contributed by atoms with Gasteiger partial charge in [-0.25, -0.2) is 4.98 Å². The summed E-state index contributed by atoms with van der Waals surface area (Å²) in [4.78, 5) is 3.89. The molecule has 94 valence electrons. The molecule has 0 saturated carbocycles. The summed E-state index contributed by atoms with van der Waals surface area (Å²) in [5, 5.41) is 0.874. The second-order valence-electron chi connectivity index (χ2n) is 3.41. The number of hydrogen-bond acceptors (Lipinski definition) is 2. The van der Waals surface area contributed by atoms with Gasteiger partial charge in [0.1, 0.15) is 5.82 Å². The smallest absolute Gasteiger partial charge is 0.123 e. The molecule has 18 heavy (non-hydrogen) atoms. The Labute approximate surface area is 129 Å². The second kappa shape index (κ2) is 5.32. The summed E-state index contributed by atoms with van der Waals surface area (Å²) in [5.41, 5.74) is 6.76. The molecule has 0 atom stereocenters. The van der Waals surface area contributed by atoms with Gasteiger partial charge >= 0.3 is 0 Å². The summed E-state index contributed by atoms with van der Waals surface area (Å²) in [7, 11) is 0. The van der Waals surface area contributed by atoms with Crippen LogP contribution in [0.1, 0.15) is 0 Å². The molecule has 2 rings (SSSR count). The highest BCUT2D eigenvalue weighted by molar-refractivity contribution is 6.56. The summed E-state index contributed by atoms with van der Waals surface area (Å²) >= 11 is 30.2. The highest BCUT2D eigenvalue weighted by Crippen LogP contribution is 2.48. The Morgan fingerprint density at radius 1 is 0.833 bits per heavy atom. The van der Waals surface area contributed by atoms with Crippen LogP contribution < -0.4 is 5.73 Å². The van der Waals surface area contributed by atoms with Gasteiger partial charge in [-0.15, -0.1) is 0 Å². The molecular formula is C11H5Cl5N2. The zero-order valence-electron chi connectivity index (χ0n) is 8.65. The molecule has 0 aliphatic heterocycles. The van der Waals surface area contributed by atoms with Crippen LogP contribution in [0.15, 0.2) is 18.3 Å². The van der Waals surface area contributed by atoms with Crippen LogP contribution in [0.4, 0.5) is 5.82 Å². The van der Waals surface area contributed by atoms with E-state index in [4.69, 9.17) is 63.7 Å². The van der Waals surface area contributed by atoms with Crippen molar-refractivity contribution in [3.05, 3.63) is 43.4 Å². The van der Waals surface area contributed by atoms with E-state index >= 15 is 0 Å². The fourth-order valence-corrected chi connectivity index (χ4v) is 2.82. The third-order valence-corrected chi connectivity index (χ3v) is 4.56. The summed E-state index contributed by atoms with van der Waals surface area (Å²) in [6.45, 7) is 0. The lowest BCUT2D eigenvalue weighted by Crippen LogP contribution is -1.91. The molecule has 0 fully saturated rings. The lowest BCUT2D eigenvalue weighted by Gasteiger charge is -2.12. The van der Waals surface area contributed by atoms with E-state index < -0.39 is 0 Å². The van der Waals surface area contributed by atoms with Crippen molar-refractivity contribution in [3.8, 4) is 11.1 Å². The molecule has 0 spiro atoms. The van der Waals surface area contributed by atoms with Crippen LogP contribution in [0.3, 0.4) is 0 Å². The van der Waals surface area contributed by atoms with Crippen molar-refractivity contribution in [1.29, 1.82) is 0 Å². The normalized spacial score (nSPS) is 10.7. The number of benzene rings is 1. The Kier molecular flexibility index (Phi) is 4.15. The maximum Gasteiger partial charge on any atom is 0.123 e. The van der Waals surface area contributed by atoms with Gasteiger partial charge in [0.2, 0.25) is 0 Å². The third kappa shape index (κ3) is 2.36. The van der Waals surface area contributed by atoms with E-state index in [2.05, 4.69) is 4.98 Å². The highest BCUT2D eigenvalue weighted by Gasteiger charge is 2.20. The topological polar surface area (TPSA) is 38.9 Å². The van der Waals surface area contributed by atoms with Crippen LogP contribution in [-0.2, 0) is 0 Å². The van der Waals surface area contributed by atoms with E-state index in [1.807, 2.05) is 0 Å². The van der Waals surface area contributed by atoms with Gasteiger partial charge in [0.05, 0.1) is 25.1 Å². The number of halogens is 5. The zero-order valence-corrected chi connectivity index (χ0v) is 12.4. The molecule has 2 N–H and O–H groups in total. The van der Waals surface area contributed by atoms with Gasteiger partial charge in [0.15, 0.2) is 0 Å². The van der Waals surface area contributed by atoms with Crippen LogP contribution in [0.5, 0.6) is 0 Å². The van der Waals surface area contributed by atoms with Gasteiger partial charge in [-0.05, 0) is 17.7 Å². The van der Waals surface area contributed by atoms with Crippen LogP contribution in [-0.4, -0.2) is 4.98 Å². The number of hydrogen-bond donors (Lipinski definition) is 1. The first-order valence-corrected chi connectivity index (χ1v) is 6.55. The molecule has 0 aliphatic carbocycles. The Morgan fingerprint density at radius 3 is 1.83 bits per heavy atom. The van der Waals surface area contributed by atoms with Crippen LogP contribution in [0.25, 0.3) is 11.1 Å². The predicted molar refractivity (Wildman–Crippen MR) is 79.1 cm³/mol. The first kappa shape index (κ1) is 14.0. The minimum atomic E-state index is 0.124. The number of nitrogens with two attached hydrogens (primary N) is 1. The largest absolute Gasteiger partial charge is 0.384 e. The van der Waals surface area contributed by atoms with Gasteiger partial charge < -0.3 is 5.73 Å². The minimum absolute atomic E-state index is 0.124. The SMILES string of the molecule is Nc1cc(-c2c(Cl)c(Cl)c(Cl)c(Cl)c2Cl)ccn1. The molecule has 7 heteroatoms. The quantitative estimate of drug-likeness (QED) is 0.541. The van der Waals surface area contributed by atoms with Gasteiger partial charge in [-0.2, -0.15) is 0 Å². The van der Waals surface area contributed by atoms with E-state index in [1.54, 1.807) is 12.1 Å². The summed E-state index contributed by atoms with van der Waals surface area (Å²) in [5.74, 6) is 0.335. The molecule has 0 unspecified atom stereocenters. The number of nitrogen functional groups attached to an aromatic ring is 1. The molecule has 0 aliphatic rings. The lowest BCUT2D eigenvalue weighted by molar-refractivity contribution is 1.34. The molecule has 0 bridgehead atoms. The van der Waals surface area contributed by atoms with Crippen molar-refractivity contribution in [2.24, 2.45) is 0 Å². The van der Waals surface area contributed by atoms with Gasteiger partial charge in [-0.1, -0.05) is 58.0 Å². The van der Waals surface area contributed by atoms with Gasteiger partial charge in [-0.3, -0.25) is 0 Å². The maximum atomic E-state index is 6.14. The molecule has 0 amide bonds. The Bertz CT molecular complexity index is 598. The molecule has 2 aromatic rings. The Morgan fingerprint density at radius 2 is 1.33 bits per heavy atom. The standard InChI is InChI=1S/C11H5Cl5N2/c12-7-6(4-1-2-18-5(17)3-4)8(13)10(15)11(16)9(7)14/h1-3H,(H2,17,18). The molecule has 0 radical (unpaired) electrons. The van der Waals surface area contributed by atoms with Crippen LogP contribution in [0, 0.1) is 0 Å². The maximum absolute atomic E-state index is 6.14. The number of aromatic nitrogens is 1. The van der Waals surface area contributed by atoms with E-state index in [1.165, 1.54) is 6.20 Å². The van der Waals surface area contributed by atoms with Crippen LogP contribution in [0.2, 0.25) is 25.1 Å². The van der Waals surface area contributed by atoms with Crippen molar-refractivity contribution in [2.45, 2.75) is 0 Å². The summed E-state index contributed by atoms with van der Waals surface area (Å²) in [6.07, 6.45) is 1.54. The first-order valence-electron chi connectivity index (χ1n) is 4.66. The second-order valence-corrected chi connectivity index (χ2v) is 5.30. The monoisotopic (exact) mass is 340 g/mol. The third-order valence-electron chi connectivity index (χ3n) is 2.28. The fourth-order valence-electron chi connectivity index (χ4n) is 1.46. The molecule has 1 heterocycles.